The molecular weight excluding hydrogens is 376 g/mol. The Hall–Kier alpha value is -2.21. The van der Waals surface area contributed by atoms with Crippen molar-refractivity contribution in [3.63, 3.8) is 0 Å². The van der Waals surface area contributed by atoms with Gasteiger partial charge < -0.3 is 0 Å². The third-order valence-electron chi connectivity index (χ3n) is 6.99. The Morgan fingerprint density at radius 2 is 1.57 bits per heavy atom. The summed E-state index contributed by atoms with van der Waals surface area (Å²) < 4.78 is 27.9. The van der Waals surface area contributed by atoms with Gasteiger partial charge in [0.15, 0.2) is 0 Å². The van der Waals surface area contributed by atoms with E-state index in [1.807, 2.05) is 12.1 Å². The van der Waals surface area contributed by atoms with Gasteiger partial charge in [-0.1, -0.05) is 83.1 Å². The minimum Gasteiger partial charge on any atom is -0.205 e. The summed E-state index contributed by atoms with van der Waals surface area (Å²) in [7, 11) is 0. The first-order valence-corrected chi connectivity index (χ1v) is 11.5. The van der Waals surface area contributed by atoms with Crippen molar-refractivity contribution < 1.29 is 8.78 Å². The fourth-order valence-corrected chi connectivity index (χ4v) is 4.93. The molecule has 2 aromatic carbocycles. The van der Waals surface area contributed by atoms with Gasteiger partial charge in [0.1, 0.15) is 23.3 Å². The maximum absolute atomic E-state index is 13.9. The molecule has 0 saturated heterocycles. The van der Waals surface area contributed by atoms with Crippen LogP contribution >= 0.6 is 0 Å². The van der Waals surface area contributed by atoms with Crippen LogP contribution in [0.1, 0.15) is 88.7 Å². The van der Waals surface area contributed by atoms with E-state index in [9.17, 15) is 8.78 Å². The molecule has 1 fully saturated rings. The molecule has 3 heteroatoms. The zero-order valence-electron chi connectivity index (χ0n) is 18.3. The minimum atomic E-state index is -0.809. The van der Waals surface area contributed by atoms with E-state index in [1.165, 1.54) is 75.5 Å². The zero-order valence-corrected chi connectivity index (χ0v) is 18.3. The van der Waals surface area contributed by atoms with Crippen LogP contribution < -0.4 is 0 Å². The summed E-state index contributed by atoms with van der Waals surface area (Å²) in [5.41, 5.74) is 2.00. The molecule has 1 nitrogen and oxygen atoms in total. The lowest BCUT2D eigenvalue weighted by Gasteiger charge is -2.32. The second kappa shape index (κ2) is 10.7. The summed E-state index contributed by atoms with van der Waals surface area (Å²) in [4.78, 5) is 0. The van der Waals surface area contributed by atoms with Gasteiger partial charge in [-0.15, -0.1) is 0 Å². The van der Waals surface area contributed by atoms with Gasteiger partial charge in [0.05, 0.1) is 0 Å². The largest absolute Gasteiger partial charge is 0.205 e. The molecule has 3 rings (SSSR count). The molecule has 0 spiro atoms. The average molecular weight is 410 g/mol. The molecule has 30 heavy (non-hydrogen) atoms. The maximum atomic E-state index is 13.9. The summed E-state index contributed by atoms with van der Waals surface area (Å²) in [6.45, 7) is 4.57. The van der Waals surface area contributed by atoms with Crippen LogP contribution in [0.4, 0.5) is 8.78 Å². The SMILES string of the molecule is CCCCCCC1CCC(C(C)c2ccc(-c3cc(F)c(C#N)c(F)c3)cc2)CC1. The van der Waals surface area contributed by atoms with Crippen molar-refractivity contribution in [2.45, 2.75) is 77.6 Å². The minimum absolute atomic E-state index is 0.465. The Labute approximate surface area is 180 Å². The Kier molecular flexibility index (Phi) is 8.02. The van der Waals surface area contributed by atoms with E-state index in [2.05, 4.69) is 26.0 Å². The Balaban J connectivity index is 1.58. The molecule has 160 valence electrons. The van der Waals surface area contributed by atoms with Crippen LogP contribution in [0.25, 0.3) is 11.1 Å². The summed E-state index contributed by atoms with van der Waals surface area (Å²) >= 11 is 0. The molecular formula is C27H33F2N. The smallest absolute Gasteiger partial charge is 0.144 e. The van der Waals surface area contributed by atoms with Crippen molar-refractivity contribution in [3.05, 3.63) is 59.2 Å². The third-order valence-corrected chi connectivity index (χ3v) is 6.99. The van der Waals surface area contributed by atoms with Crippen molar-refractivity contribution in [2.75, 3.05) is 0 Å². The average Bonchev–Trinajstić information content (AvgIpc) is 2.76. The standard InChI is InChI=1S/C27H33F2N/c1-3-4-5-6-7-20-8-10-21(11-9-20)19(2)22-12-14-23(15-13-22)24-16-26(28)25(18-30)27(29)17-24/h12-17,19-21H,3-11H2,1-2H3. The van der Waals surface area contributed by atoms with E-state index in [0.29, 0.717) is 17.4 Å². The van der Waals surface area contributed by atoms with Crippen LogP contribution in [0.3, 0.4) is 0 Å². The zero-order chi connectivity index (χ0) is 21.5. The number of rotatable bonds is 8. The van der Waals surface area contributed by atoms with Crippen molar-refractivity contribution in [3.8, 4) is 17.2 Å². The quantitative estimate of drug-likeness (QED) is 0.402. The lowest BCUT2D eigenvalue weighted by atomic mass is 9.73. The lowest BCUT2D eigenvalue weighted by molar-refractivity contribution is 0.236. The Morgan fingerprint density at radius 1 is 0.933 bits per heavy atom. The summed E-state index contributed by atoms with van der Waals surface area (Å²) in [6, 6.07) is 12.1. The summed E-state index contributed by atoms with van der Waals surface area (Å²) in [5, 5.41) is 8.83. The molecule has 0 aliphatic heterocycles. The number of halogens is 2. The van der Waals surface area contributed by atoms with Crippen molar-refractivity contribution in [2.24, 2.45) is 11.8 Å². The molecule has 0 heterocycles. The van der Waals surface area contributed by atoms with Gasteiger partial charge in [0.2, 0.25) is 0 Å². The van der Waals surface area contributed by atoms with E-state index >= 15 is 0 Å². The summed E-state index contributed by atoms with van der Waals surface area (Å²) in [5.74, 6) is 0.503. The number of hydrogen-bond acceptors (Lipinski definition) is 1. The van der Waals surface area contributed by atoms with Crippen LogP contribution in [0.5, 0.6) is 0 Å². The molecule has 1 unspecified atom stereocenters. The molecule has 0 aromatic heterocycles. The topological polar surface area (TPSA) is 23.8 Å². The van der Waals surface area contributed by atoms with Crippen molar-refractivity contribution in [1.82, 2.24) is 0 Å². The summed E-state index contributed by atoms with van der Waals surface area (Å²) in [6.07, 6.45) is 12.1. The third kappa shape index (κ3) is 5.48. The fourth-order valence-electron chi connectivity index (χ4n) is 4.93. The van der Waals surface area contributed by atoms with E-state index < -0.39 is 17.2 Å². The van der Waals surface area contributed by atoms with Crippen molar-refractivity contribution in [1.29, 1.82) is 5.26 Å². The molecule has 1 saturated carbocycles. The highest BCUT2D eigenvalue weighted by Crippen LogP contribution is 2.40. The first-order chi connectivity index (χ1) is 14.5. The second-order valence-corrected chi connectivity index (χ2v) is 8.97. The predicted molar refractivity (Wildman–Crippen MR) is 119 cm³/mol. The fraction of sp³-hybridized carbons (Fsp3) is 0.519. The maximum Gasteiger partial charge on any atom is 0.144 e. The predicted octanol–water partition coefficient (Wildman–Crippen LogP) is 8.38. The normalized spacial score (nSPS) is 20.0. The van der Waals surface area contributed by atoms with Crippen LogP contribution in [0.15, 0.2) is 36.4 Å². The lowest BCUT2D eigenvalue weighted by Crippen LogP contribution is -2.19. The number of unbranched alkanes of at least 4 members (excludes halogenated alkanes) is 3. The van der Waals surface area contributed by atoms with Crippen LogP contribution in [-0.2, 0) is 0 Å². The van der Waals surface area contributed by atoms with E-state index in [1.54, 1.807) is 6.07 Å². The Bertz CT molecular complexity index is 834. The van der Waals surface area contributed by atoms with E-state index in [0.717, 1.165) is 11.5 Å². The van der Waals surface area contributed by atoms with Gasteiger partial charge in [-0.2, -0.15) is 5.26 Å². The highest BCUT2D eigenvalue weighted by molar-refractivity contribution is 5.65. The molecule has 1 aliphatic carbocycles. The van der Waals surface area contributed by atoms with Gasteiger partial charge >= 0.3 is 0 Å². The van der Waals surface area contributed by atoms with Crippen LogP contribution in [0.2, 0.25) is 0 Å². The van der Waals surface area contributed by atoms with Gasteiger partial charge in [-0.3, -0.25) is 0 Å². The van der Waals surface area contributed by atoms with Gasteiger partial charge in [-0.05, 0) is 59.4 Å². The van der Waals surface area contributed by atoms with E-state index in [4.69, 9.17) is 5.26 Å². The van der Waals surface area contributed by atoms with Crippen molar-refractivity contribution >= 4 is 0 Å². The molecule has 0 bridgehead atoms. The van der Waals surface area contributed by atoms with Crippen LogP contribution in [0, 0.1) is 34.8 Å². The number of hydrogen-bond donors (Lipinski definition) is 0. The first-order valence-electron chi connectivity index (χ1n) is 11.5. The molecule has 1 atom stereocenters. The molecule has 2 aromatic rings. The Morgan fingerprint density at radius 3 is 2.13 bits per heavy atom. The highest BCUT2D eigenvalue weighted by Gasteiger charge is 2.26. The monoisotopic (exact) mass is 409 g/mol. The molecule has 0 amide bonds. The number of nitrogens with zero attached hydrogens (tertiary/aromatic N) is 1. The molecule has 1 aliphatic rings. The van der Waals surface area contributed by atoms with Gasteiger partial charge in [-0.25, -0.2) is 8.78 Å². The second-order valence-electron chi connectivity index (χ2n) is 8.97. The number of nitriles is 1. The molecule has 0 radical (unpaired) electrons. The van der Waals surface area contributed by atoms with E-state index in [-0.39, 0.29) is 0 Å². The van der Waals surface area contributed by atoms with Gasteiger partial charge in [0, 0.05) is 0 Å². The molecule has 0 N–H and O–H groups in total. The van der Waals surface area contributed by atoms with Crippen LogP contribution in [-0.4, -0.2) is 0 Å². The highest BCUT2D eigenvalue weighted by atomic mass is 19.1. The number of benzene rings is 2. The first kappa shape index (κ1) is 22.5. The van der Waals surface area contributed by atoms with Gasteiger partial charge in [0.25, 0.3) is 0 Å².